The van der Waals surface area contributed by atoms with Crippen LogP contribution in [0.1, 0.15) is 12.8 Å². The quantitative estimate of drug-likeness (QED) is 0.411. The van der Waals surface area contributed by atoms with E-state index < -0.39 is 17.4 Å². The fraction of sp³-hybridized carbons (Fsp3) is 0.238. The highest BCUT2D eigenvalue weighted by atomic mass is 16.4. The molecular formula is C21H19N7O5. The standard InChI is InChI=1S/C21H19N7O5/c29-18(11-26-16-3-1-2-4-17(16)33-21(26)32)22-14-7-9-15(10-8-14)28-20(31)27(24-25-28)12-19(30)23-13-5-6-13/h1-4,7-10,13H,5-6,11-12H2,(H,22,29)(H,23,30). The SMILES string of the molecule is O=C(Cn1c(=O)oc2ccccc21)Nc1ccc(-n2nnn(CC(=O)NC3CC3)c2=O)cc1. The second-order valence-corrected chi connectivity index (χ2v) is 7.69. The zero-order valence-electron chi connectivity index (χ0n) is 17.3. The first-order valence-electron chi connectivity index (χ1n) is 10.3. The van der Waals surface area contributed by atoms with Crippen LogP contribution >= 0.6 is 0 Å². The Hall–Kier alpha value is -4.48. The second kappa shape index (κ2) is 8.22. The summed E-state index contributed by atoms with van der Waals surface area (Å²) in [7, 11) is 0. The topological polar surface area (TPSA) is 146 Å². The summed E-state index contributed by atoms with van der Waals surface area (Å²) in [6.07, 6.45) is 1.90. The Labute approximate surface area is 185 Å². The predicted octanol–water partition coefficient (Wildman–Crippen LogP) is 0.254. The highest BCUT2D eigenvalue weighted by Gasteiger charge is 2.24. The van der Waals surface area contributed by atoms with Crippen LogP contribution < -0.4 is 22.1 Å². The Kier molecular flexibility index (Phi) is 5.09. The number of aromatic nitrogens is 5. The van der Waals surface area contributed by atoms with Gasteiger partial charge in [0.2, 0.25) is 11.8 Å². The van der Waals surface area contributed by atoms with Crippen molar-refractivity contribution in [2.45, 2.75) is 32.0 Å². The van der Waals surface area contributed by atoms with Gasteiger partial charge in [-0.1, -0.05) is 12.1 Å². The molecule has 33 heavy (non-hydrogen) atoms. The number of benzene rings is 2. The van der Waals surface area contributed by atoms with Gasteiger partial charge in [-0.2, -0.15) is 9.36 Å². The first kappa shape index (κ1) is 20.4. The molecule has 2 aromatic heterocycles. The van der Waals surface area contributed by atoms with Gasteiger partial charge in [0.15, 0.2) is 5.58 Å². The van der Waals surface area contributed by atoms with E-state index in [0.29, 0.717) is 22.5 Å². The van der Waals surface area contributed by atoms with E-state index in [2.05, 4.69) is 21.1 Å². The number of rotatable bonds is 7. The van der Waals surface area contributed by atoms with Gasteiger partial charge < -0.3 is 15.1 Å². The molecule has 1 fully saturated rings. The summed E-state index contributed by atoms with van der Waals surface area (Å²) in [5.41, 5.74) is 1.27. The van der Waals surface area contributed by atoms with Gasteiger partial charge in [-0.25, -0.2) is 9.59 Å². The van der Waals surface area contributed by atoms with E-state index in [1.165, 1.54) is 4.57 Å². The van der Waals surface area contributed by atoms with Crippen LogP contribution in [0, 0.1) is 0 Å². The number of fused-ring (bicyclic) bond motifs is 1. The summed E-state index contributed by atoms with van der Waals surface area (Å²) in [5.74, 6) is -1.31. The molecule has 0 bridgehead atoms. The largest absolute Gasteiger partial charge is 0.420 e. The predicted molar refractivity (Wildman–Crippen MR) is 116 cm³/mol. The minimum Gasteiger partial charge on any atom is -0.408 e. The summed E-state index contributed by atoms with van der Waals surface area (Å²) in [4.78, 5) is 48.9. The molecule has 12 nitrogen and oxygen atoms in total. The Morgan fingerprint density at radius 2 is 1.73 bits per heavy atom. The van der Waals surface area contributed by atoms with Gasteiger partial charge in [0.05, 0.1) is 11.2 Å². The van der Waals surface area contributed by atoms with E-state index in [1.54, 1.807) is 48.5 Å². The zero-order valence-corrected chi connectivity index (χ0v) is 17.3. The van der Waals surface area contributed by atoms with Crippen LogP contribution in [0.5, 0.6) is 0 Å². The van der Waals surface area contributed by atoms with Crippen LogP contribution in [0.2, 0.25) is 0 Å². The van der Waals surface area contributed by atoms with Gasteiger partial charge >= 0.3 is 11.4 Å². The number of tetrazole rings is 1. The van der Waals surface area contributed by atoms with Crippen molar-refractivity contribution >= 4 is 28.6 Å². The molecule has 4 aromatic rings. The third-order valence-corrected chi connectivity index (χ3v) is 5.15. The van der Waals surface area contributed by atoms with E-state index in [-0.39, 0.29) is 25.0 Å². The summed E-state index contributed by atoms with van der Waals surface area (Å²) >= 11 is 0. The number of hydrogen-bond donors (Lipinski definition) is 2. The lowest BCUT2D eigenvalue weighted by Crippen LogP contribution is -2.34. The summed E-state index contributed by atoms with van der Waals surface area (Å²) in [6.45, 7) is -0.417. The summed E-state index contributed by atoms with van der Waals surface area (Å²) in [5, 5.41) is 13.1. The first-order valence-corrected chi connectivity index (χ1v) is 10.3. The van der Waals surface area contributed by atoms with Gasteiger partial charge in [0, 0.05) is 11.7 Å². The fourth-order valence-corrected chi connectivity index (χ4v) is 3.37. The average molecular weight is 449 g/mol. The maximum atomic E-state index is 12.5. The molecule has 168 valence electrons. The van der Waals surface area contributed by atoms with Crippen molar-refractivity contribution < 1.29 is 14.0 Å². The number of oxazole rings is 1. The number of carbonyl (C=O) groups excluding carboxylic acids is 2. The monoisotopic (exact) mass is 449 g/mol. The Morgan fingerprint density at radius 1 is 0.970 bits per heavy atom. The van der Waals surface area contributed by atoms with E-state index in [4.69, 9.17) is 4.42 Å². The van der Waals surface area contributed by atoms with Crippen LogP contribution in [-0.4, -0.2) is 42.2 Å². The molecule has 2 heterocycles. The van der Waals surface area contributed by atoms with Crippen LogP contribution in [0.3, 0.4) is 0 Å². The molecule has 0 aliphatic heterocycles. The average Bonchev–Trinajstić information content (AvgIpc) is 3.46. The fourth-order valence-electron chi connectivity index (χ4n) is 3.37. The van der Waals surface area contributed by atoms with Crippen molar-refractivity contribution in [2.75, 3.05) is 5.32 Å². The lowest BCUT2D eigenvalue weighted by molar-refractivity contribution is -0.122. The molecule has 1 aliphatic rings. The summed E-state index contributed by atoms with van der Waals surface area (Å²) < 4.78 is 8.42. The molecule has 0 saturated heterocycles. The van der Waals surface area contributed by atoms with Crippen LogP contribution in [-0.2, 0) is 22.7 Å². The Morgan fingerprint density at radius 3 is 2.48 bits per heavy atom. The van der Waals surface area contributed by atoms with E-state index in [1.807, 2.05) is 0 Å². The molecule has 0 atom stereocenters. The maximum absolute atomic E-state index is 12.5. The molecule has 0 radical (unpaired) electrons. The van der Waals surface area contributed by atoms with Crippen molar-refractivity contribution in [1.82, 2.24) is 29.7 Å². The van der Waals surface area contributed by atoms with E-state index in [9.17, 15) is 19.2 Å². The molecule has 1 saturated carbocycles. The molecule has 12 heteroatoms. The smallest absolute Gasteiger partial charge is 0.408 e. The van der Waals surface area contributed by atoms with Crippen molar-refractivity contribution in [1.29, 1.82) is 0 Å². The lowest BCUT2D eigenvalue weighted by atomic mass is 10.3. The second-order valence-electron chi connectivity index (χ2n) is 7.69. The molecule has 2 N–H and O–H groups in total. The molecular weight excluding hydrogens is 430 g/mol. The minimum atomic E-state index is -0.616. The number of para-hydroxylation sites is 2. The van der Waals surface area contributed by atoms with Crippen molar-refractivity contribution in [2.24, 2.45) is 0 Å². The molecule has 2 aromatic carbocycles. The molecule has 0 unspecified atom stereocenters. The molecule has 5 rings (SSSR count). The molecule has 2 amide bonds. The summed E-state index contributed by atoms with van der Waals surface area (Å²) in [6, 6.07) is 13.4. The highest BCUT2D eigenvalue weighted by Crippen LogP contribution is 2.18. The number of carbonyl (C=O) groups is 2. The van der Waals surface area contributed by atoms with E-state index >= 15 is 0 Å². The minimum absolute atomic E-state index is 0.192. The van der Waals surface area contributed by atoms with Crippen molar-refractivity contribution in [3.05, 3.63) is 69.6 Å². The number of amides is 2. The van der Waals surface area contributed by atoms with Crippen LogP contribution in [0.15, 0.2) is 62.5 Å². The lowest BCUT2D eigenvalue weighted by Gasteiger charge is -2.07. The highest BCUT2D eigenvalue weighted by molar-refractivity contribution is 5.91. The number of nitrogens with zero attached hydrogens (tertiary/aromatic N) is 5. The maximum Gasteiger partial charge on any atom is 0.420 e. The Balaban J connectivity index is 1.25. The van der Waals surface area contributed by atoms with Gasteiger partial charge in [-0.3, -0.25) is 14.2 Å². The van der Waals surface area contributed by atoms with Crippen LogP contribution in [0.25, 0.3) is 16.8 Å². The van der Waals surface area contributed by atoms with Gasteiger partial charge in [-0.15, -0.1) is 0 Å². The normalized spacial score (nSPS) is 13.2. The van der Waals surface area contributed by atoms with Crippen molar-refractivity contribution in [3.8, 4) is 5.69 Å². The van der Waals surface area contributed by atoms with Gasteiger partial charge in [0.1, 0.15) is 13.1 Å². The third kappa shape index (κ3) is 4.31. The number of hydrogen-bond acceptors (Lipinski definition) is 7. The van der Waals surface area contributed by atoms with E-state index in [0.717, 1.165) is 22.2 Å². The first-order chi connectivity index (χ1) is 16.0. The van der Waals surface area contributed by atoms with Crippen molar-refractivity contribution in [3.63, 3.8) is 0 Å². The number of nitrogens with one attached hydrogen (secondary N) is 2. The molecule has 0 spiro atoms. The molecule has 1 aliphatic carbocycles. The number of anilines is 1. The van der Waals surface area contributed by atoms with Gasteiger partial charge in [-0.05, 0) is 59.7 Å². The zero-order chi connectivity index (χ0) is 22.9. The Bertz CT molecular complexity index is 1460. The van der Waals surface area contributed by atoms with Crippen LogP contribution in [0.4, 0.5) is 5.69 Å². The van der Waals surface area contributed by atoms with Gasteiger partial charge in [0.25, 0.3) is 0 Å². The third-order valence-electron chi connectivity index (χ3n) is 5.15.